The molecule has 0 unspecified atom stereocenters. The molecular formula is C22H13F3O7Ti. The summed E-state index contributed by atoms with van der Waals surface area (Å²) in [5.41, 5.74) is -0.656. The zero-order chi connectivity index (χ0) is 24.0. The standard InChI is InChI=1S/3C7H5FO2.CHO.Ti/c3*8-6-3-1-5(2-4-6)7(9)10;1-2;/h3*1-4H,(H,9,10);1H;/q;;;;+3/p-3. The molecule has 0 heterocycles. The molecule has 0 aromatic heterocycles. The number of halogens is 3. The maximum atomic E-state index is 13.1. The normalized spacial score (nSPS) is 10.8. The fraction of sp³-hybridized carbons (Fsp3) is 0. The van der Waals surface area contributed by atoms with Crippen LogP contribution < -0.4 is 0 Å². The predicted molar refractivity (Wildman–Crippen MR) is 102 cm³/mol. The molecule has 7 nitrogen and oxygen atoms in total. The quantitative estimate of drug-likeness (QED) is 0.361. The van der Waals surface area contributed by atoms with Crippen molar-refractivity contribution in [3.63, 3.8) is 0 Å². The maximum absolute atomic E-state index is 13.1. The van der Waals surface area contributed by atoms with Crippen LogP contribution in [0.3, 0.4) is 0 Å². The Kier molecular flexibility index (Phi) is 7.42. The van der Waals surface area contributed by atoms with E-state index in [9.17, 15) is 32.3 Å². The summed E-state index contributed by atoms with van der Waals surface area (Å²) >= 11 is -5.71. The van der Waals surface area contributed by atoms with Crippen molar-refractivity contribution in [2.75, 3.05) is 0 Å². The molecule has 0 aliphatic carbocycles. The van der Waals surface area contributed by atoms with Crippen LogP contribution in [-0.2, 0) is 32.5 Å². The molecule has 0 amide bonds. The Morgan fingerprint density at radius 1 is 0.545 bits per heavy atom. The van der Waals surface area contributed by atoms with Crippen LogP contribution in [0.15, 0.2) is 72.8 Å². The van der Waals surface area contributed by atoms with Gasteiger partial charge in [-0.25, -0.2) is 0 Å². The van der Waals surface area contributed by atoms with Crippen molar-refractivity contribution >= 4 is 22.5 Å². The third-order valence-electron chi connectivity index (χ3n) is 4.09. The number of carbonyl (C=O) groups is 4. The topological polar surface area (TPSA) is 96.0 Å². The summed E-state index contributed by atoms with van der Waals surface area (Å²) in [5, 5.41) is 0. The SMILES string of the molecule is O=[CH][Ti]([O]C(=O)c1ccc(F)cc1)([O]C(=O)c1ccc(F)cc1)[O]C(=O)c1ccc(F)cc1. The second-order valence-corrected chi connectivity index (χ2v) is 9.62. The molecule has 33 heavy (non-hydrogen) atoms. The first-order valence-corrected chi connectivity index (χ1v) is 12.0. The Morgan fingerprint density at radius 3 is 1.00 bits per heavy atom. The fourth-order valence-electron chi connectivity index (χ4n) is 2.46. The van der Waals surface area contributed by atoms with E-state index in [1.165, 1.54) is 0 Å². The molecule has 0 N–H and O–H groups in total. The van der Waals surface area contributed by atoms with Gasteiger partial charge in [0.15, 0.2) is 0 Å². The van der Waals surface area contributed by atoms with Crippen molar-refractivity contribution in [3.05, 3.63) is 107 Å². The monoisotopic (exact) mass is 494 g/mol. The van der Waals surface area contributed by atoms with Gasteiger partial charge in [-0.2, -0.15) is 0 Å². The van der Waals surface area contributed by atoms with E-state index < -0.39 is 53.1 Å². The number of hydrogen-bond donors (Lipinski definition) is 0. The number of carbonyl (C=O) groups excluding carboxylic acids is 4. The molecule has 3 rings (SSSR count). The molecule has 3 aromatic rings. The summed E-state index contributed by atoms with van der Waals surface area (Å²) in [4.78, 5) is 49.5. The number of rotatable bonds is 7. The third kappa shape index (κ3) is 6.15. The second kappa shape index (κ2) is 10.2. The van der Waals surface area contributed by atoms with Crippen molar-refractivity contribution in [1.29, 1.82) is 0 Å². The van der Waals surface area contributed by atoms with Gasteiger partial charge in [0.1, 0.15) is 0 Å². The van der Waals surface area contributed by atoms with Gasteiger partial charge < -0.3 is 0 Å². The first-order valence-electron chi connectivity index (χ1n) is 9.14. The van der Waals surface area contributed by atoms with Crippen LogP contribution in [-0.4, -0.2) is 22.5 Å². The van der Waals surface area contributed by atoms with E-state index in [1.54, 1.807) is 0 Å². The molecule has 0 aliphatic rings. The summed E-state index contributed by atoms with van der Waals surface area (Å²) in [7, 11) is 0. The van der Waals surface area contributed by atoms with Gasteiger partial charge in [0.2, 0.25) is 0 Å². The Labute approximate surface area is 189 Å². The van der Waals surface area contributed by atoms with Gasteiger partial charge in [0.05, 0.1) is 0 Å². The van der Waals surface area contributed by atoms with E-state index >= 15 is 0 Å². The molecule has 0 saturated heterocycles. The predicted octanol–water partition coefficient (Wildman–Crippen LogP) is 4.06. The molecule has 168 valence electrons. The van der Waals surface area contributed by atoms with Gasteiger partial charge in [-0.05, 0) is 0 Å². The van der Waals surface area contributed by atoms with E-state index in [-0.39, 0.29) is 21.3 Å². The number of benzene rings is 3. The molecule has 0 radical (unpaired) electrons. The molecular weight excluding hydrogens is 481 g/mol. The van der Waals surface area contributed by atoms with E-state index in [4.69, 9.17) is 9.96 Å². The van der Waals surface area contributed by atoms with Crippen LogP contribution in [0.2, 0.25) is 0 Å². The van der Waals surface area contributed by atoms with E-state index in [0.29, 0.717) is 0 Å². The van der Waals surface area contributed by atoms with Crippen LogP contribution in [0.4, 0.5) is 13.2 Å². The van der Waals surface area contributed by atoms with Crippen molar-refractivity contribution in [2.24, 2.45) is 0 Å². The molecule has 0 spiro atoms. The van der Waals surface area contributed by atoms with Crippen LogP contribution in [0.1, 0.15) is 31.1 Å². The Morgan fingerprint density at radius 2 is 0.788 bits per heavy atom. The zero-order valence-corrected chi connectivity index (χ0v) is 18.1. The molecule has 11 heteroatoms. The first-order chi connectivity index (χ1) is 15.7. The van der Waals surface area contributed by atoms with Crippen molar-refractivity contribution in [1.82, 2.24) is 0 Å². The second-order valence-electron chi connectivity index (χ2n) is 6.41. The molecule has 0 atom stereocenters. The molecule has 0 fully saturated rings. The fourth-order valence-corrected chi connectivity index (χ4v) is 4.64. The molecule has 3 aromatic carbocycles. The van der Waals surface area contributed by atoms with E-state index in [2.05, 4.69) is 0 Å². The summed E-state index contributed by atoms with van der Waals surface area (Å²) in [6.07, 6.45) is 0. The van der Waals surface area contributed by atoms with Gasteiger partial charge >= 0.3 is 189 Å². The van der Waals surface area contributed by atoms with Crippen molar-refractivity contribution < 1.29 is 60.1 Å². The Bertz CT molecular complexity index is 1040. The molecule has 0 bridgehead atoms. The van der Waals surface area contributed by atoms with Crippen LogP contribution in [0.5, 0.6) is 0 Å². The minimum absolute atomic E-state index is 0.0791. The summed E-state index contributed by atoms with van der Waals surface area (Å²) in [6.45, 7) is 0. The Hall–Kier alpha value is -3.76. The van der Waals surface area contributed by atoms with Gasteiger partial charge in [0, 0.05) is 0 Å². The van der Waals surface area contributed by atoms with Gasteiger partial charge in [-0.3, -0.25) is 0 Å². The number of hydrogen-bond acceptors (Lipinski definition) is 7. The van der Waals surface area contributed by atoms with E-state index in [0.717, 1.165) is 72.8 Å². The summed E-state index contributed by atoms with van der Waals surface area (Å²) in [6, 6.07) is 11.9. The van der Waals surface area contributed by atoms with Crippen molar-refractivity contribution in [3.8, 4) is 0 Å². The molecule has 0 saturated carbocycles. The van der Waals surface area contributed by atoms with Gasteiger partial charge in [-0.15, -0.1) is 0 Å². The van der Waals surface area contributed by atoms with Crippen LogP contribution in [0, 0.1) is 17.5 Å². The summed E-state index contributed by atoms with van der Waals surface area (Å²) < 4.78 is 54.6. The minimum atomic E-state index is -5.71. The first kappa shape index (κ1) is 23.9. The Balaban J connectivity index is 1.92. The van der Waals surface area contributed by atoms with Crippen LogP contribution in [0.25, 0.3) is 0 Å². The average molecular weight is 494 g/mol. The zero-order valence-electron chi connectivity index (χ0n) is 16.5. The van der Waals surface area contributed by atoms with Gasteiger partial charge in [0.25, 0.3) is 0 Å². The van der Waals surface area contributed by atoms with E-state index in [1.807, 2.05) is 0 Å². The average Bonchev–Trinajstić information content (AvgIpc) is 2.80. The van der Waals surface area contributed by atoms with Crippen molar-refractivity contribution in [2.45, 2.75) is 0 Å². The summed E-state index contributed by atoms with van der Waals surface area (Å²) in [5.74, 6) is -5.62. The molecule has 0 aliphatic heterocycles. The van der Waals surface area contributed by atoms with Gasteiger partial charge in [-0.1, -0.05) is 0 Å². The van der Waals surface area contributed by atoms with Crippen LogP contribution >= 0.6 is 0 Å². The third-order valence-corrected chi connectivity index (χ3v) is 6.74.